The van der Waals surface area contributed by atoms with Gasteiger partial charge in [0.25, 0.3) is 0 Å². The zero-order valence-electron chi connectivity index (χ0n) is 28.8. The van der Waals surface area contributed by atoms with Gasteiger partial charge in [-0.05, 0) is 76.5 Å². The summed E-state index contributed by atoms with van der Waals surface area (Å²) in [5.74, 6) is 0. The van der Waals surface area contributed by atoms with Gasteiger partial charge in [-0.25, -0.2) is 0 Å². The molecular weight excluding hydrogens is 645 g/mol. The fourth-order valence-electron chi connectivity index (χ4n) is 8.40. The monoisotopic (exact) mass is 676 g/mol. The Balaban J connectivity index is 1.25. The van der Waals surface area contributed by atoms with Crippen LogP contribution in [0.5, 0.6) is 0 Å². The molecular formula is C50H32N2O. The Labute approximate surface area is 306 Å². The van der Waals surface area contributed by atoms with Crippen LogP contribution in [0.2, 0.25) is 0 Å². The van der Waals surface area contributed by atoms with Gasteiger partial charge in [0.1, 0.15) is 11.2 Å². The van der Waals surface area contributed by atoms with E-state index in [1.54, 1.807) is 0 Å². The van der Waals surface area contributed by atoms with Gasteiger partial charge in [0.2, 0.25) is 0 Å². The van der Waals surface area contributed by atoms with E-state index in [9.17, 15) is 0 Å². The Morgan fingerprint density at radius 2 is 0.981 bits per heavy atom. The maximum absolute atomic E-state index is 6.33. The summed E-state index contributed by atoms with van der Waals surface area (Å²) in [6.07, 6.45) is 0. The predicted molar refractivity (Wildman–Crippen MR) is 223 cm³/mol. The van der Waals surface area contributed by atoms with Crippen molar-refractivity contribution in [2.75, 3.05) is 4.90 Å². The zero-order chi connectivity index (χ0) is 34.9. The fraction of sp³-hybridized carbons (Fsp3) is 0. The number of hydrogen-bond acceptors (Lipinski definition) is 2. The number of hydrogen-bond donors (Lipinski definition) is 0. The van der Waals surface area contributed by atoms with E-state index in [2.05, 4.69) is 191 Å². The van der Waals surface area contributed by atoms with Crippen LogP contribution in [-0.4, -0.2) is 4.57 Å². The van der Waals surface area contributed by atoms with E-state index < -0.39 is 0 Å². The van der Waals surface area contributed by atoms with Crippen molar-refractivity contribution in [1.29, 1.82) is 0 Å². The minimum Gasteiger partial charge on any atom is -0.456 e. The number of para-hydroxylation sites is 3. The smallest absolute Gasteiger partial charge is 0.135 e. The molecule has 2 heterocycles. The summed E-state index contributed by atoms with van der Waals surface area (Å²) in [4.78, 5) is 2.46. The Hall–Kier alpha value is -7.10. The highest BCUT2D eigenvalue weighted by Gasteiger charge is 2.22. The second kappa shape index (κ2) is 11.7. The summed E-state index contributed by atoms with van der Waals surface area (Å²) in [7, 11) is 0. The van der Waals surface area contributed by atoms with Crippen molar-refractivity contribution in [3.05, 3.63) is 194 Å². The minimum atomic E-state index is 0.878. The van der Waals surface area contributed by atoms with Crippen LogP contribution >= 0.6 is 0 Å². The van der Waals surface area contributed by atoms with Gasteiger partial charge in [-0.15, -0.1) is 0 Å². The molecule has 0 saturated carbocycles. The number of nitrogens with zero attached hydrogens (tertiary/aromatic N) is 2. The lowest BCUT2D eigenvalue weighted by Crippen LogP contribution is -2.12. The summed E-state index contributed by atoms with van der Waals surface area (Å²) >= 11 is 0. The van der Waals surface area contributed by atoms with E-state index in [1.165, 1.54) is 54.5 Å². The van der Waals surface area contributed by atoms with Crippen molar-refractivity contribution < 1.29 is 4.42 Å². The first-order valence-electron chi connectivity index (χ1n) is 18.1. The van der Waals surface area contributed by atoms with Gasteiger partial charge in [0, 0.05) is 43.7 Å². The third-order valence-corrected chi connectivity index (χ3v) is 10.7. The molecule has 0 saturated heterocycles. The van der Waals surface area contributed by atoms with Crippen LogP contribution in [-0.2, 0) is 0 Å². The molecule has 0 amide bonds. The van der Waals surface area contributed by atoms with Crippen LogP contribution < -0.4 is 4.90 Å². The van der Waals surface area contributed by atoms with Gasteiger partial charge in [-0.3, -0.25) is 0 Å². The second-order valence-corrected chi connectivity index (χ2v) is 13.7. The molecule has 0 radical (unpaired) electrons. The SMILES string of the molecule is c1ccc(-c2ccc(N(c3ccc4oc5ccccc5c4c3)c3cc(-n4c5ccccc5c5ccccc54)cc4ccccc34)c3ccccc23)cc1. The lowest BCUT2D eigenvalue weighted by molar-refractivity contribution is 0.669. The molecule has 0 aliphatic rings. The topological polar surface area (TPSA) is 21.3 Å². The van der Waals surface area contributed by atoms with Crippen LogP contribution in [0.3, 0.4) is 0 Å². The number of rotatable bonds is 5. The van der Waals surface area contributed by atoms with Crippen molar-refractivity contribution in [2.24, 2.45) is 0 Å². The van der Waals surface area contributed by atoms with E-state index >= 15 is 0 Å². The highest BCUT2D eigenvalue weighted by atomic mass is 16.3. The van der Waals surface area contributed by atoms with E-state index in [-0.39, 0.29) is 0 Å². The molecule has 0 atom stereocenters. The largest absolute Gasteiger partial charge is 0.456 e. The molecule has 0 spiro atoms. The lowest BCUT2D eigenvalue weighted by atomic mass is 9.96. The molecule has 0 aliphatic carbocycles. The van der Waals surface area contributed by atoms with E-state index in [0.717, 1.165) is 44.7 Å². The molecule has 11 aromatic rings. The molecule has 3 nitrogen and oxygen atoms in total. The number of fused-ring (bicyclic) bond motifs is 8. The molecule has 2 aromatic heterocycles. The van der Waals surface area contributed by atoms with Gasteiger partial charge in [-0.2, -0.15) is 0 Å². The van der Waals surface area contributed by atoms with Crippen LogP contribution in [0, 0.1) is 0 Å². The third kappa shape index (κ3) is 4.61. The molecule has 0 N–H and O–H groups in total. The van der Waals surface area contributed by atoms with Crippen LogP contribution in [0.4, 0.5) is 17.1 Å². The molecule has 0 aliphatic heterocycles. The van der Waals surface area contributed by atoms with Gasteiger partial charge >= 0.3 is 0 Å². The van der Waals surface area contributed by atoms with Crippen LogP contribution in [0.15, 0.2) is 199 Å². The van der Waals surface area contributed by atoms with Crippen LogP contribution in [0.1, 0.15) is 0 Å². The summed E-state index contributed by atoms with van der Waals surface area (Å²) in [5.41, 5.74) is 10.9. The van der Waals surface area contributed by atoms with Gasteiger partial charge in [-0.1, -0.05) is 140 Å². The molecule has 53 heavy (non-hydrogen) atoms. The average molecular weight is 677 g/mol. The second-order valence-electron chi connectivity index (χ2n) is 13.7. The summed E-state index contributed by atoms with van der Waals surface area (Å²) in [6.45, 7) is 0. The standard InChI is InChI=1S/C50H32N2O/c1-2-14-33(15-3-1)37-27-28-47(40-19-7-6-18-39(37)40)51(35-26-29-50-44(31-35)43-22-10-13-25-49(43)53-50)48-32-36(30-34-16-4-5-17-38(34)48)52-45-23-11-8-20-41(45)42-21-9-12-24-46(42)52/h1-32H. The molecule has 0 fully saturated rings. The van der Waals surface area contributed by atoms with Crippen molar-refractivity contribution in [3.8, 4) is 16.8 Å². The normalized spacial score (nSPS) is 11.8. The van der Waals surface area contributed by atoms with E-state index in [1.807, 2.05) is 12.1 Å². The maximum Gasteiger partial charge on any atom is 0.135 e. The third-order valence-electron chi connectivity index (χ3n) is 10.7. The summed E-state index contributed by atoms with van der Waals surface area (Å²) in [5, 5.41) is 9.42. The molecule has 0 bridgehead atoms. The summed E-state index contributed by atoms with van der Waals surface area (Å²) in [6, 6.07) is 69.9. The molecule has 0 unspecified atom stereocenters. The first-order valence-corrected chi connectivity index (χ1v) is 18.1. The first kappa shape index (κ1) is 29.6. The predicted octanol–water partition coefficient (Wildman–Crippen LogP) is 14.1. The molecule has 9 aromatic carbocycles. The number of furan rings is 1. The number of benzene rings is 9. The van der Waals surface area contributed by atoms with Gasteiger partial charge in [0.15, 0.2) is 0 Å². The van der Waals surface area contributed by atoms with E-state index in [4.69, 9.17) is 4.42 Å². The minimum absolute atomic E-state index is 0.878. The van der Waals surface area contributed by atoms with Crippen LogP contribution in [0.25, 0.3) is 82.1 Å². The highest BCUT2D eigenvalue weighted by Crippen LogP contribution is 2.47. The Morgan fingerprint density at radius 1 is 0.377 bits per heavy atom. The zero-order valence-corrected chi connectivity index (χ0v) is 28.8. The lowest BCUT2D eigenvalue weighted by Gasteiger charge is -2.29. The van der Waals surface area contributed by atoms with Crippen molar-refractivity contribution >= 4 is 82.4 Å². The highest BCUT2D eigenvalue weighted by molar-refractivity contribution is 6.13. The maximum atomic E-state index is 6.33. The van der Waals surface area contributed by atoms with Crippen molar-refractivity contribution in [3.63, 3.8) is 0 Å². The number of anilines is 3. The Kier molecular flexibility index (Phi) is 6.55. The summed E-state index contributed by atoms with van der Waals surface area (Å²) < 4.78 is 8.75. The number of aromatic nitrogens is 1. The average Bonchev–Trinajstić information content (AvgIpc) is 3.77. The quantitative estimate of drug-likeness (QED) is 0.181. The fourth-order valence-corrected chi connectivity index (χ4v) is 8.40. The molecule has 11 rings (SSSR count). The van der Waals surface area contributed by atoms with E-state index in [0.29, 0.717) is 0 Å². The Morgan fingerprint density at radius 3 is 1.75 bits per heavy atom. The molecule has 248 valence electrons. The van der Waals surface area contributed by atoms with Crippen molar-refractivity contribution in [2.45, 2.75) is 0 Å². The Bertz CT molecular complexity index is 3130. The molecule has 3 heteroatoms. The van der Waals surface area contributed by atoms with Gasteiger partial charge < -0.3 is 13.9 Å². The first-order chi connectivity index (χ1) is 26.3. The van der Waals surface area contributed by atoms with Gasteiger partial charge in [0.05, 0.1) is 22.4 Å². The van der Waals surface area contributed by atoms with Crippen molar-refractivity contribution in [1.82, 2.24) is 4.57 Å².